The van der Waals surface area contributed by atoms with Crippen molar-refractivity contribution in [2.75, 3.05) is 7.11 Å². The second-order valence-corrected chi connectivity index (χ2v) is 6.06. The van der Waals surface area contributed by atoms with Crippen LogP contribution in [0.3, 0.4) is 0 Å². The molecule has 1 aromatic heterocycles. The molecule has 0 radical (unpaired) electrons. The van der Waals surface area contributed by atoms with Gasteiger partial charge in [0.2, 0.25) is 0 Å². The number of methoxy groups -OCH3 is 1. The lowest BCUT2D eigenvalue weighted by Gasteiger charge is -2.06. The van der Waals surface area contributed by atoms with Gasteiger partial charge >= 0.3 is 5.97 Å². The van der Waals surface area contributed by atoms with Gasteiger partial charge < -0.3 is 4.74 Å². The van der Waals surface area contributed by atoms with Crippen molar-refractivity contribution >= 4 is 34.5 Å². The molecule has 0 aliphatic rings. The van der Waals surface area contributed by atoms with E-state index in [1.54, 1.807) is 16.8 Å². The molecule has 4 nitrogen and oxygen atoms in total. The highest BCUT2D eigenvalue weighted by molar-refractivity contribution is 6.31. The lowest BCUT2D eigenvalue weighted by atomic mass is 10.1. The third kappa shape index (κ3) is 3.72. The van der Waals surface area contributed by atoms with Crippen molar-refractivity contribution in [1.82, 2.24) is 9.78 Å². The average Bonchev–Trinajstić information content (AvgIpc) is 2.92. The van der Waals surface area contributed by atoms with E-state index in [1.807, 2.05) is 25.1 Å². The van der Waals surface area contributed by atoms with Crippen LogP contribution >= 0.6 is 11.6 Å². The van der Waals surface area contributed by atoms with Gasteiger partial charge in [0, 0.05) is 16.5 Å². The van der Waals surface area contributed by atoms with Gasteiger partial charge in [0.25, 0.3) is 0 Å². The Morgan fingerprint density at radius 1 is 1.32 bits per heavy atom. The SMILES string of the molecule is COC(=O)C=Cc1nn(Cc2ccc(F)cc2Cl)c2cc(C)ccc12. The molecule has 25 heavy (non-hydrogen) atoms. The first-order valence-electron chi connectivity index (χ1n) is 7.65. The number of aromatic nitrogens is 2. The number of benzene rings is 2. The molecule has 0 spiro atoms. The number of aryl methyl sites for hydroxylation is 1. The normalized spacial score (nSPS) is 11.4. The van der Waals surface area contributed by atoms with E-state index < -0.39 is 5.97 Å². The van der Waals surface area contributed by atoms with Gasteiger partial charge in [-0.25, -0.2) is 9.18 Å². The Bertz CT molecular complexity index is 979. The predicted octanol–water partition coefficient (Wildman–Crippen LogP) is 4.37. The molecule has 2 aromatic carbocycles. The Labute approximate surface area is 149 Å². The number of fused-ring (bicyclic) bond motifs is 1. The summed E-state index contributed by atoms with van der Waals surface area (Å²) in [6.07, 6.45) is 2.95. The van der Waals surface area contributed by atoms with Crippen LogP contribution < -0.4 is 0 Å². The highest BCUT2D eigenvalue weighted by Crippen LogP contribution is 2.24. The second kappa shape index (κ2) is 7.07. The molecule has 0 atom stereocenters. The summed E-state index contributed by atoms with van der Waals surface area (Å²) in [4.78, 5) is 11.4. The smallest absolute Gasteiger partial charge is 0.330 e. The third-order valence-electron chi connectivity index (χ3n) is 3.85. The van der Waals surface area contributed by atoms with Gasteiger partial charge in [0.15, 0.2) is 0 Å². The number of carbonyl (C=O) groups excluding carboxylic acids is 1. The molecule has 1 heterocycles. The lowest BCUT2D eigenvalue weighted by molar-refractivity contribution is -0.134. The van der Waals surface area contributed by atoms with Crippen LogP contribution in [-0.2, 0) is 16.1 Å². The van der Waals surface area contributed by atoms with E-state index in [0.717, 1.165) is 22.0 Å². The number of hydrogen-bond acceptors (Lipinski definition) is 3. The fourth-order valence-corrected chi connectivity index (χ4v) is 2.81. The maximum absolute atomic E-state index is 13.2. The highest BCUT2D eigenvalue weighted by Gasteiger charge is 2.11. The first-order chi connectivity index (χ1) is 12.0. The standard InChI is InChI=1S/C19H16ClFN2O2/c1-12-3-6-15-17(7-8-19(24)25-2)22-23(18(15)9-12)11-13-4-5-14(21)10-16(13)20/h3-10H,11H2,1-2H3. The zero-order chi connectivity index (χ0) is 18.0. The molecule has 0 bridgehead atoms. The number of rotatable bonds is 4. The molecule has 6 heteroatoms. The van der Waals surface area contributed by atoms with Crippen molar-refractivity contribution in [2.24, 2.45) is 0 Å². The minimum Gasteiger partial charge on any atom is -0.466 e. The first-order valence-corrected chi connectivity index (χ1v) is 8.03. The van der Waals surface area contributed by atoms with Crippen molar-refractivity contribution < 1.29 is 13.9 Å². The molecule has 3 rings (SSSR count). The molecule has 128 valence electrons. The van der Waals surface area contributed by atoms with Gasteiger partial charge in [0.05, 0.1) is 24.9 Å². The Morgan fingerprint density at radius 3 is 2.84 bits per heavy atom. The minimum absolute atomic E-state index is 0.350. The molecule has 0 unspecified atom stereocenters. The number of halogens is 2. The van der Waals surface area contributed by atoms with Gasteiger partial charge in [-0.05, 0) is 42.3 Å². The lowest BCUT2D eigenvalue weighted by Crippen LogP contribution is -2.03. The van der Waals surface area contributed by atoms with Crippen molar-refractivity contribution in [3.8, 4) is 0 Å². The van der Waals surface area contributed by atoms with E-state index in [9.17, 15) is 9.18 Å². The van der Waals surface area contributed by atoms with Crippen LogP contribution in [0.2, 0.25) is 5.02 Å². The summed E-state index contributed by atoms with van der Waals surface area (Å²) in [5, 5.41) is 5.82. The number of carbonyl (C=O) groups is 1. The summed E-state index contributed by atoms with van der Waals surface area (Å²) >= 11 is 6.13. The predicted molar refractivity (Wildman–Crippen MR) is 96.0 cm³/mol. The molecule has 0 aliphatic heterocycles. The molecular weight excluding hydrogens is 343 g/mol. The molecule has 0 fully saturated rings. The van der Waals surface area contributed by atoms with E-state index in [0.29, 0.717) is 17.3 Å². The molecule has 3 aromatic rings. The Hall–Kier alpha value is -2.66. The van der Waals surface area contributed by atoms with E-state index in [-0.39, 0.29) is 5.82 Å². The Kier molecular flexibility index (Phi) is 4.86. The van der Waals surface area contributed by atoms with Crippen LogP contribution in [0.4, 0.5) is 4.39 Å². The molecule has 0 aliphatic carbocycles. The molecule has 0 saturated carbocycles. The van der Waals surface area contributed by atoms with Crippen LogP contribution in [0.1, 0.15) is 16.8 Å². The van der Waals surface area contributed by atoms with Crippen molar-refractivity contribution in [1.29, 1.82) is 0 Å². The summed E-state index contributed by atoms with van der Waals surface area (Å²) in [6.45, 7) is 2.39. The second-order valence-electron chi connectivity index (χ2n) is 5.66. The fourth-order valence-electron chi connectivity index (χ4n) is 2.58. The minimum atomic E-state index is -0.448. The van der Waals surface area contributed by atoms with Gasteiger partial charge in [0.1, 0.15) is 5.82 Å². The van der Waals surface area contributed by atoms with E-state index in [2.05, 4.69) is 9.84 Å². The van der Waals surface area contributed by atoms with Crippen molar-refractivity contribution in [3.63, 3.8) is 0 Å². The van der Waals surface area contributed by atoms with Crippen LogP contribution in [0, 0.1) is 12.7 Å². The topological polar surface area (TPSA) is 44.1 Å². The first kappa shape index (κ1) is 17.2. The summed E-state index contributed by atoms with van der Waals surface area (Å²) in [7, 11) is 1.32. The number of nitrogens with zero attached hydrogens (tertiary/aromatic N) is 2. The van der Waals surface area contributed by atoms with Gasteiger partial charge in [-0.1, -0.05) is 29.8 Å². The molecule has 0 amide bonds. The average molecular weight is 359 g/mol. The fraction of sp³-hybridized carbons (Fsp3) is 0.158. The summed E-state index contributed by atoms with van der Waals surface area (Å²) in [6, 6.07) is 10.2. The molecular formula is C19H16ClFN2O2. The van der Waals surface area contributed by atoms with Gasteiger partial charge in [-0.2, -0.15) is 5.10 Å². The van der Waals surface area contributed by atoms with E-state index in [4.69, 9.17) is 11.6 Å². The van der Waals surface area contributed by atoms with Crippen LogP contribution in [-0.4, -0.2) is 22.9 Å². The Balaban J connectivity index is 2.06. The number of esters is 1. The molecule has 0 N–H and O–H groups in total. The summed E-state index contributed by atoms with van der Waals surface area (Å²) < 4.78 is 19.7. The zero-order valence-electron chi connectivity index (χ0n) is 13.8. The highest BCUT2D eigenvalue weighted by atomic mass is 35.5. The van der Waals surface area contributed by atoms with Crippen molar-refractivity contribution in [2.45, 2.75) is 13.5 Å². The van der Waals surface area contributed by atoms with Crippen LogP contribution in [0.25, 0.3) is 17.0 Å². The number of hydrogen-bond donors (Lipinski definition) is 0. The molecule has 0 saturated heterocycles. The van der Waals surface area contributed by atoms with Crippen LogP contribution in [0.15, 0.2) is 42.5 Å². The monoisotopic (exact) mass is 358 g/mol. The third-order valence-corrected chi connectivity index (χ3v) is 4.20. The maximum Gasteiger partial charge on any atom is 0.330 e. The number of ether oxygens (including phenoxy) is 1. The van der Waals surface area contributed by atoms with Gasteiger partial charge in [-0.3, -0.25) is 4.68 Å². The van der Waals surface area contributed by atoms with Crippen molar-refractivity contribution in [3.05, 3.63) is 70.1 Å². The van der Waals surface area contributed by atoms with E-state index in [1.165, 1.54) is 25.3 Å². The van der Waals surface area contributed by atoms with Gasteiger partial charge in [-0.15, -0.1) is 0 Å². The summed E-state index contributed by atoms with van der Waals surface area (Å²) in [5.74, 6) is -0.826. The summed E-state index contributed by atoms with van der Waals surface area (Å²) in [5.41, 5.74) is 3.41. The van der Waals surface area contributed by atoms with E-state index >= 15 is 0 Å². The van der Waals surface area contributed by atoms with Crippen LogP contribution in [0.5, 0.6) is 0 Å². The quantitative estimate of drug-likeness (QED) is 0.513. The zero-order valence-corrected chi connectivity index (χ0v) is 14.5. The largest absolute Gasteiger partial charge is 0.466 e. The maximum atomic E-state index is 13.2. The Morgan fingerprint density at radius 2 is 2.12 bits per heavy atom.